The van der Waals surface area contributed by atoms with Crippen molar-refractivity contribution < 1.29 is 22.6 Å². The smallest absolute Gasteiger partial charge is 0.281 e. The number of hydrogen-bond acceptors (Lipinski definition) is 5. The highest BCUT2D eigenvalue weighted by molar-refractivity contribution is 7.94. The van der Waals surface area contributed by atoms with Crippen molar-refractivity contribution in [3.8, 4) is 17.2 Å². The standard InChI is InChI=1S/C16H18ClNO5S/c1-4-23-13-7-5-12(6-8-13)18(17)24(19,20)16-11-14(21-2)9-10-15(16)22-3/h5-11H,4H2,1-3H3. The number of halogens is 1. The van der Waals surface area contributed by atoms with Crippen LogP contribution in [0.2, 0.25) is 0 Å². The number of hydrogen-bond donors (Lipinski definition) is 0. The van der Waals surface area contributed by atoms with E-state index in [1.165, 1.54) is 26.4 Å². The van der Waals surface area contributed by atoms with Crippen molar-refractivity contribution in [2.45, 2.75) is 11.8 Å². The van der Waals surface area contributed by atoms with E-state index < -0.39 is 10.0 Å². The Bertz CT molecular complexity index is 793. The number of ether oxygens (including phenoxy) is 3. The molecule has 130 valence electrons. The molecule has 0 saturated heterocycles. The van der Waals surface area contributed by atoms with Gasteiger partial charge in [-0.05, 0) is 43.3 Å². The summed E-state index contributed by atoms with van der Waals surface area (Å²) in [6, 6.07) is 10.9. The summed E-state index contributed by atoms with van der Waals surface area (Å²) in [5, 5.41) is 0. The molecule has 24 heavy (non-hydrogen) atoms. The van der Waals surface area contributed by atoms with Crippen molar-refractivity contribution in [1.82, 2.24) is 0 Å². The van der Waals surface area contributed by atoms with E-state index in [1.807, 2.05) is 6.92 Å². The van der Waals surface area contributed by atoms with Crippen LogP contribution in [0.5, 0.6) is 17.2 Å². The fourth-order valence-electron chi connectivity index (χ4n) is 2.04. The van der Waals surface area contributed by atoms with Crippen LogP contribution in [0.25, 0.3) is 0 Å². The third-order valence-corrected chi connectivity index (χ3v) is 5.46. The van der Waals surface area contributed by atoms with E-state index in [0.29, 0.717) is 21.9 Å². The number of rotatable bonds is 7. The second-order valence-electron chi connectivity index (χ2n) is 4.66. The normalized spacial score (nSPS) is 11.0. The molecule has 0 aliphatic heterocycles. The molecule has 0 unspecified atom stereocenters. The minimum Gasteiger partial charge on any atom is -0.497 e. The van der Waals surface area contributed by atoms with Crippen LogP contribution in [0.15, 0.2) is 47.4 Å². The first-order chi connectivity index (χ1) is 11.4. The van der Waals surface area contributed by atoms with Crippen molar-refractivity contribution in [3.05, 3.63) is 42.5 Å². The Morgan fingerprint density at radius 1 is 1.00 bits per heavy atom. The summed E-state index contributed by atoms with van der Waals surface area (Å²) < 4.78 is 41.8. The zero-order valence-corrected chi connectivity index (χ0v) is 15.1. The van der Waals surface area contributed by atoms with Gasteiger partial charge in [-0.3, -0.25) is 0 Å². The summed E-state index contributed by atoms with van der Waals surface area (Å²) in [6.07, 6.45) is 0. The molecule has 0 saturated carbocycles. The van der Waals surface area contributed by atoms with Crippen LogP contribution < -0.4 is 18.0 Å². The van der Waals surface area contributed by atoms with Gasteiger partial charge in [0.05, 0.1) is 26.5 Å². The van der Waals surface area contributed by atoms with Gasteiger partial charge in [0.1, 0.15) is 22.1 Å². The molecular formula is C16H18ClNO5S. The van der Waals surface area contributed by atoms with Gasteiger partial charge in [-0.15, -0.1) is 0 Å². The van der Waals surface area contributed by atoms with Gasteiger partial charge in [0.15, 0.2) is 0 Å². The van der Waals surface area contributed by atoms with Crippen molar-refractivity contribution in [2.75, 3.05) is 24.7 Å². The maximum absolute atomic E-state index is 12.8. The molecule has 0 aliphatic carbocycles. The largest absolute Gasteiger partial charge is 0.497 e. The maximum atomic E-state index is 12.8. The highest BCUT2D eigenvalue weighted by atomic mass is 35.5. The lowest BCUT2D eigenvalue weighted by molar-refractivity contribution is 0.340. The van der Waals surface area contributed by atoms with E-state index in [2.05, 4.69) is 0 Å². The first-order valence-corrected chi connectivity index (χ1v) is 8.87. The van der Waals surface area contributed by atoms with E-state index in [1.54, 1.807) is 30.3 Å². The zero-order chi connectivity index (χ0) is 17.7. The van der Waals surface area contributed by atoms with Crippen molar-refractivity contribution >= 4 is 27.5 Å². The predicted molar refractivity (Wildman–Crippen MR) is 92.7 cm³/mol. The number of nitrogens with zero attached hydrogens (tertiary/aromatic N) is 1. The lowest BCUT2D eigenvalue weighted by Gasteiger charge is -2.18. The molecule has 2 rings (SSSR count). The molecule has 0 amide bonds. The third kappa shape index (κ3) is 3.68. The van der Waals surface area contributed by atoms with Gasteiger partial charge >= 0.3 is 0 Å². The number of benzene rings is 2. The third-order valence-electron chi connectivity index (χ3n) is 3.21. The van der Waals surface area contributed by atoms with Crippen LogP contribution in [0.1, 0.15) is 6.92 Å². The Balaban J connectivity index is 2.42. The zero-order valence-electron chi connectivity index (χ0n) is 13.5. The number of methoxy groups -OCH3 is 2. The Labute approximate surface area is 146 Å². The molecule has 0 spiro atoms. The average Bonchev–Trinajstić information content (AvgIpc) is 2.61. The fraction of sp³-hybridized carbons (Fsp3) is 0.250. The number of anilines is 1. The lowest BCUT2D eigenvalue weighted by atomic mass is 10.3. The summed E-state index contributed by atoms with van der Waals surface area (Å²) in [5.41, 5.74) is 0.282. The summed E-state index contributed by atoms with van der Waals surface area (Å²) in [4.78, 5) is -0.0896. The van der Waals surface area contributed by atoms with Gasteiger partial charge in [-0.1, -0.05) is 0 Å². The van der Waals surface area contributed by atoms with Crippen molar-refractivity contribution in [3.63, 3.8) is 0 Å². The van der Waals surface area contributed by atoms with Gasteiger partial charge in [0.25, 0.3) is 10.0 Å². The van der Waals surface area contributed by atoms with Crippen LogP contribution >= 0.6 is 11.8 Å². The second kappa shape index (κ2) is 7.63. The quantitative estimate of drug-likeness (QED) is 0.697. The van der Waals surface area contributed by atoms with Gasteiger partial charge in [-0.2, -0.15) is 12.2 Å². The predicted octanol–water partition coefficient (Wildman–Crippen LogP) is 3.45. The maximum Gasteiger partial charge on any atom is 0.281 e. The molecule has 0 N–H and O–H groups in total. The Morgan fingerprint density at radius 2 is 1.62 bits per heavy atom. The van der Waals surface area contributed by atoms with Gasteiger partial charge < -0.3 is 14.2 Å². The molecule has 0 aliphatic rings. The molecule has 2 aromatic rings. The topological polar surface area (TPSA) is 65.1 Å². The monoisotopic (exact) mass is 371 g/mol. The van der Waals surface area contributed by atoms with Crippen LogP contribution in [-0.2, 0) is 10.0 Å². The Morgan fingerprint density at radius 3 is 2.17 bits per heavy atom. The molecule has 0 aromatic heterocycles. The summed E-state index contributed by atoms with van der Waals surface area (Å²) in [5.74, 6) is 1.18. The molecule has 0 heterocycles. The molecule has 0 bridgehead atoms. The highest BCUT2D eigenvalue weighted by Gasteiger charge is 2.28. The summed E-state index contributed by atoms with van der Waals surface area (Å²) >= 11 is 6.09. The minimum absolute atomic E-state index is 0.0896. The van der Waals surface area contributed by atoms with E-state index in [9.17, 15) is 8.42 Å². The van der Waals surface area contributed by atoms with Gasteiger partial charge in [0, 0.05) is 17.8 Å². The molecular weight excluding hydrogens is 354 g/mol. The fourth-order valence-corrected chi connectivity index (χ4v) is 3.62. The first-order valence-electron chi connectivity index (χ1n) is 7.10. The van der Waals surface area contributed by atoms with Crippen molar-refractivity contribution in [1.29, 1.82) is 0 Å². The molecule has 2 aromatic carbocycles. The van der Waals surface area contributed by atoms with Gasteiger partial charge in [0.2, 0.25) is 0 Å². The van der Waals surface area contributed by atoms with E-state index >= 15 is 0 Å². The molecule has 0 radical (unpaired) electrons. The van der Waals surface area contributed by atoms with E-state index in [0.717, 1.165) is 0 Å². The molecule has 0 fully saturated rings. The average molecular weight is 372 g/mol. The highest BCUT2D eigenvalue weighted by Crippen LogP contribution is 2.34. The van der Waals surface area contributed by atoms with Crippen LogP contribution in [0, 0.1) is 0 Å². The van der Waals surface area contributed by atoms with Crippen molar-refractivity contribution in [2.24, 2.45) is 0 Å². The van der Waals surface area contributed by atoms with E-state index in [-0.39, 0.29) is 16.3 Å². The van der Waals surface area contributed by atoms with Crippen LogP contribution in [0.4, 0.5) is 5.69 Å². The molecule has 8 heteroatoms. The Kier molecular flexibility index (Phi) is 5.80. The minimum atomic E-state index is -4.04. The first kappa shape index (κ1) is 18.2. The lowest BCUT2D eigenvalue weighted by Crippen LogP contribution is -2.22. The van der Waals surface area contributed by atoms with E-state index in [4.69, 9.17) is 26.0 Å². The number of sulfonamides is 1. The van der Waals surface area contributed by atoms with Crippen LogP contribution in [0.3, 0.4) is 0 Å². The molecule has 0 atom stereocenters. The summed E-state index contributed by atoms with van der Waals surface area (Å²) in [7, 11) is -1.21. The second-order valence-corrected chi connectivity index (χ2v) is 6.96. The molecule has 6 nitrogen and oxygen atoms in total. The summed E-state index contributed by atoms with van der Waals surface area (Å²) in [6.45, 7) is 2.38. The Hall–Kier alpha value is -2.12. The van der Waals surface area contributed by atoms with Crippen LogP contribution in [-0.4, -0.2) is 29.2 Å². The SMILES string of the molecule is CCOc1ccc(N(Cl)S(=O)(=O)c2cc(OC)ccc2OC)cc1. The van der Waals surface area contributed by atoms with Gasteiger partial charge in [-0.25, -0.2) is 0 Å².